The number of sulfonamides is 1. The van der Waals surface area contributed by atoms with Crippen molar-refractivity contribution in [3.63, 3.8) is 0 Å². The summed E-state index contributed by atoms with van der Waals surface area (Å²) in [6.45, 7) is 1.79. The molecule has 1 rings (SSSR count). The Morgan fingerprint density at radius 3 is 2.63 bits per heavy atom. The van der Waals surface area contributed by atoms with Gasteiger partial charge in [0.05, 0.1) is 10.8 Å². The Bertz CT molecular complexity index is 577. The average Bonchev–Trinajstić information content (AvgIpc) is 2.30. The number of nitrogens with one attached hydrogen (secondary N) is 1. The van der Waals surface area contributed by atoms with Gasteiger partial charge in [-0.1, -0.05) is 17.7 Å². The van der Waals surface area contributed by atoms with Crippen LogP contribution in [0, 0.1) is 5.82 Å². The first kappa shape index (κ1) is 16.6. The first-order chi connectivity index (χ1) is 8.71. The summed E-state index contributed by atoms with van der Waals surface area (Å²) < 4.78 is 50.0. The molecule has 108 valence electrons. The fourth-order valence-corrected chi connectivity index (χ4v) is 3.11. The van der Waals surface area contributed by atoms with Gasteiger partial charge in [0.2, 0.25) is 10.0 Å². The molecule has 0 aromatic heterocycles. The van der Waals surface area contributed by atoms with Crippen molar-refractivity contribution >= 4 is 32.4 Å². The van der Waals surface area contributed by atoms with E-state index in [1.165, 1.54) is 18.4 Å². The van der Waals surface area contributed by atoms with E-state index in [-0.39, 0.29) is 22.6 Å². The Balaban J connectivity index is 2.69. The first-order valence-electron chi connectivity index (χ1n) is 5.45. The zero-order chi connectivity index (χ0) is 14.6. The third kappa shape index (κ3) is 5.56. The predicted octanol–water partition coefficient (Wildman–Crippen LogP) is 1.67. The lowest BCUT2D eigenvalue weighted by molar-refractivity contribution is 0.579. The van der Waals surface area contributed by atoms with E-state index in [0.717, 1.165) is 6.07 Å². The highest BCUT2D eigenvalue weighted by Gasteiger charge is 2.15. The van der Waals surface area contributed by atoms with Crippen LogP contribution in [0.4, 0.5) is 4.39 Å². The van der Waals surface area contributed by atoms with Crippen molar-refractivity contribution in [2.45, 2.75) is 17.9 Å². The molecule has 4 nitrogen and oxygen atoms in total. The number of halogens is 2. The van der Waals surface area contributed by atoms with Crippen molar-refractivity contribution in [1.29, 1.82) is 0 Å². The van der Waals surface area contributed by atoms with E-state index in [9.17, 15) is 17.0 Å². The molecule has 1 aromatic rings. The molecule has 0 saturated carbocycles. The van der Waals surface area contributed by atoms with Crippen LogP contribution >= 0.6 is 11.6 Å². The van der Waals surface area contributed by atoms with Crippen molar-refractivity contribution in [1.82, 2.24) is 4.72 Å². The lowest BCUT2D eigenvalue weighted by Gasteiger charge is -2.11. The molecular weight excluding hydrogens is 313 g/mol. The Labute approximate surface area is 119 Å². The summed E-state index contributed by atoms with van der Waals surface area (Å²) in [6, 6.07) is 3.76. The zero-order valence-electron chi connectivity index (χ0n) is 10.5. The van der Waals surface area contributed by atoms with Gasteiger partial charge in [-0.3, -0.25) is 4.21 Å². The summed E-state index contributed by atoms with van der Waals surface area (Å²) >= 11 is 5.58. The molecule has 2 atom stereocenters. The Hall–Kier alpha value is -0.500. The molecule has 0 spiro atoms. The molecule has 0 aliphatic heterocycles. The molecule has 0 amide bonds. The molecule has 0 heterocycles. The number of hydrogen-bond donors (Lipinski definition) is 1. The molecule has 2 unspecified atom stereocenters. The predicted molar refractivity (Wildman–Crippen MR) is 75.6 cm³/mol. The quantitative estimate of drug-likeness (QED) is 0.864. The minimum absolute atomic E-state index is 0.0976. The standard InChI is InChI=1S/C11H15ClFNO3S2/c1-8(18(2)15)6-14-19(16,17)7-9-3-4-11(13)10(12)5-9/h3-5,8,14H,6-7H2,1-2H3. The van der Waals surface area contributed by atoms with E-state index in [1.807, 2.05) is 0 Å². The highest BCUT2D eigenvalue weighted by molar-refractivity contribution is 7.88. The maximum Gasteiger partial charge on any atom is 0.215 e. The Morgan fingerprint density at radius 2 is 2.11 bits per heavy atom. The van der Waals surface area contributed by atoms with Crippen LogP contribution in [-0.4, -0.2) is 30.7 Å². The van der Waals surface area contributed by atoms with Crippen molar-refractivity contribution in [2.24, 2.45) is 0 Å². The lowest BCUT2D eigenvalue weighted by Crippen LogP contribution is -2.33. The van der Waals surface area contributed by atoms with Gasteiger partial charge in [0, 0.05) is 28.9 Å². The van der Waals surface area contributed by atoms with Gasteiger partial charge in [0.25, 0.3) is 0 Å². The monoisotopic (exact) mass is 327 g/mol. The third-order valence-corrected chi connectivity index (χ3v) is 5.41. The van der Waals surface area contributed by atoms with Crippen LogP contribution in [0.25, 0.3) is 0 Å². The van der Waals surface area contributed by atoms with Gasteiger partial charge in [-0.2, -0.15) is 0 Å². The van der Waals surface area contributed by atoms with Crippen molar-refractivity contribution in [2.75, 3.05) is 12.8 Å². The van der Waals surface area contributed by atoms with Crippen LogP contribution < -0.4 is 4.72 Å². The molecule has 1 aromatic carbocycles. The molecule has 0 fully saturated rings. The summed E-state index contributed by atoms with van der Waals surface area (Å²) in [4.78, 5) is 0. The number of rotatable bonds is 6. The normalized spacial score (nSPS) is 15.2. The largest absolute Gasteiger partial charge is 0.260 e. The minimum Gasteiger partial charge on any atom is -0.260 e. The van der Waals surface area contributed by atoms with Crippen LogP contribution in [0.2, 0.25) is 5.02 Å². The fourth-order valence-electron chi connectivity index (χ4n) is 1.26. The SMILES string of the molecule is CC(CNS(=O)(=O)Cc1ccc(F)c(Cl)c1)S(C)=O. The van der Waals surface area contributed by atoms with E-state index < -0.39 is 26.6 Å². The van der Waals surface area contributed by atoms with Crippen LogP contribution in [-0.2, 0) is 26.6 Å². The molecule has 19 heavy (non-hydrogen) atoms. The maximum absolute atomic E-state index is 12.9. The fraction of sp³-hybridized carbons (Fsp3) is 0.455. The maximum atomic E-state index is 12.9. The molecule has 0 aliphatic carbocycles. The first-order valence-corrected chi connectivity index (χ1v) is 9.10. The Morgan fingerprint density at radius 1 is 1.47 bits per heavy atom. The summed E-state index contributed by atoms with van der Waals surface area (Å²) in [5, 5.41) is -0.387. The number of hydrogen-bond acceptors (Lipinski definition) is 3. The van der Waals surface area contributed by atoms with Gasteiger partial charge in [-0.05, 0) is 24.6 Å². The van der Waals surface area contributed by atoms with Gasteiger partial charge < -0.3 is 0 Å². The van der Waals surface area contributed by atoms with Crippen molar-refractivity contribution < 1.29 is 17.0 Å². The summed E-state index contributed by atoms with van der Waals surface area (Å²) in [7, 11) is -4.65. The summed E-state index contributed by atoms with van der Waals surface area (Å²) in [6.07, 6.45) is 1.51. The van der Waals surface area contributed by atoms with Gasteiger partial charge >= 0.3 is 0 Å². The van der Waals surface area contributed by atoms with Gasteiger partial charge in [-0.25, -0.2) is 17.5 Å². The van der Waals surface area contributed by atoms with E-state index in [1.54, 1.807) is 6.92 Å². The summed E-state index contributed by atoms with van der Waals surface area (Å²) in [5.41, 5.74) is 0.393. The number of benzene rings is 1. The Kier molecular flexibility index (Phi) is 5.91. The second kappa shape index (κ2) is 6.78. The average molecular weight is 328 g/mol. The van der Waals surface area contributed by atoms with Gasteiger partial charge in [0.15, 0.2) is 0 Å². The van der Waals surface area contributed by atoms with Gasteiger partial charge in [0.1, 0.15) is 5.82 Å². The summed E-state index contributed by atoms with van der Waals surface area (Å²) in [5.74, 6) is -0.887. The van der Waals surface area contributed by atoms with E-state index >= 15 is 0 Å². The molecular formula is C11H15ClFNO3S2. The highest BCUT2D eigenvalue weighted by atomic mass is 35.5. The molecule has 0 saturated heterocycles. The van der Waals surface area contributed by atoms with Crippen LogP contribution in [0.15, 0.2) is 18.2 Å². The highest BCUT2D eigenvalue weighted by Crippen LogP contribution is 2.17. The molecule has 8 heteroatoms. The molecule has 1 N–H and O–H groups in total. The topological polar surface area (TPSA) is 63.2 Å². The van der Waals surface area contributed by atoms with Crippen LogP contribution in [0.3, 0.4) is 0 Å². The van der Waals surface area contributed by atoms with Gasteiger partial charge in [-0.15, -0.1) is 0 Å². The molecule has 0 bridgehead atoms. The third-order valence-electron chi connectivity index (χ3n) is 2.50. The van der Waals surface area contributed by atoms with E-state index in [2.05, 4.69) is 4.72 Å². The van der Waals surface area contributed by atoms with Crippen molar-refractivity contribution in [3.8, 4) is 0 Å². The molecule has 0 radical (unpaired) electrons. The minimum atomic E-state index is -3.56. The zero-order valence-corrected chi connectivity index (χ0v) is 12.9. The smallest absolute Gasteiger partial charge is 0.215 e. The van der Waals surface area contributed by atoms with Crippen LogP contribution in [0.1, 0.15) is 12.5 Å². The second-order valence-corrected chi connectivity index (χ2v) is 8.18. The van der Waals surface area contributed by atoms with Crippen molar-refractivity contribution in [3.05, 3.63) is 34.6 Å². The molecule has 0 aliphatic rings. The van der Waals surface area contributed by atoms with E-state index in [4.69, 9.17) is 11.6 Å². The lowest BCUT2D eigenvalue weighted by atomic mass is 10.2. The second-order valence-electron chi connectivity index (χ2n) is 4.17. The van der Waals surface area contributed by atoms with E-state index in [0.29, 0.717) is 5.56 Å². The van der Waals surface area contributed by atoms with Crippen LogP contribution in [0.5, 0.6) is 0 Å².